The largest absolute Gasteiger partial charge is 0.282 e. The monoisotopic (exact) mass is 139 g/mol. The normalized spacial score (nSPS) is 32.0. The van der Waals surface area contributed by atoms with Gasteiger partial charge in [-0.05, 0) is 12.8 Å². The number of nitrogens with zero attached hydrogens (tertiary/aromatic N) is 1. The second-order valence-electron chi connectivity index (χ2n) is 2.33. The lowest BCUT2D eigenvalue weighted by molar-refractivity contribution is 1.04. The zero-order valence-corrected chi connectivity index (χ0v) is 6.03. The average Bonchev–Trinajstić information content (AvgIpc) is 2.33. The summed E-state index contributed by atoms with van der Waals surface area (Å²) in [5, 5.41) is 0.652. The molecule has 0 saturated heterocycles. The summed E-state index contributed by atoms with van der Waals surface area (Å²) >= 11 is 1.94. The molecule has 2 heteroatoms. The van der Waals surface area contributed by atoms with Crippen LogP contribution in [0.4, 0.5) is 0 Å². The molecule has 1 aliphatic carbocycles. The van der Waals surface area contributed by atoms with Gasteiger partial charge in [-0.2, -0.15) is 0 Å². The van der Waals surface area contributed by atoms with Crippen molar-refractivity contribution in [2.24, 2.45) is 4.99 Å². The molecule has 0 aromatic rings. The highest BCUT2D eigenvalue weighted by molar-refractivity contribution is 8.01. The van der Waals surface area contributed by atoms with Crippen LogP contribution < -0.4 is 0 Å². The summed E-state index contributed by atoms with van der Waals surface area (Å²) in [6.45, 7) is 0. The van der Waals surface area contributed by atoms with E-state index in [4.69, 9.17) is 0 Å². The lowest BCUT2D eigenvalue weighted by Gasteiger charge is -2.10. The minimum absolute atomic E-state index is 0.652. The van der Waals surface area contributed by atoms with Crippen LogP contribution in [0.25, 0.3) is 0 Å². The number of rotatable bonds is 0. The Morgan fingerprint density at radius 2 is 2.67 bits per heavy atom. The molecule has 0 spiro atoms. The first kappa shape index (κ1) is 5.54. The van der Waals surface area contributed by atoms with Gasteiger partial charge in [0, 0.05) is 5.71 Å². The highest BCUT2D eigenvalue weighted by Gasteiger charge is 2.19. The van der Waals surface area contributed by atoms with Crippen LogP contribution in [0.3, 0.4) is 0 Å². The molecule has 2 rings (SSSR count). The Balaban J connectivity index is 2.23. The maximum Gasteiger partial charge on any atom is 0.0853 e. The van der Waals surface area contributed by atoms with Crippen LogP contribution in [0.15, 0.2) is 17.1 Å². The predicted octanol–water partition coefficient (Wildman–Crippen LogP) is 1.85. The topological polar surface area (TPSA) is 12.4 Å². The molecule has 0 fully saturated rings. The number of aliphatic imine (C=N–C) groups is 1. The summed E-state index contributed by atoms with van der Waals surface area (Å²) < 4.78 is 0. The maximum absolute atomic E-state index is 4.39. The molecule has 48 valence electrons. The van der Waals surface area contributed by atoms with E-state index in [1.165, 1.54) is 18.6 Å². The van der Waals surface area contributed by atoms with E-state index < -0.39 is 0 Å². The van der Waals surface area contributed by atoms with Crippen LogP contribution in [-0.2, 0) is 0 Å². The van der Waals surface area contributed by atoms with Gasteiger partial charge in [0.1, 0.15) is 0 Å². The predicted molar refractivity (Wildman–Crippen MR) is 42.1 cm³/mol. The number of hydrogen-bond acceptors (Lipinski definition) is 2. The molecular formula is C7H9NS. The van der Waals surface area contributed by atoms with E-state index in [9.17, 15) is 0 Å². The smallest absolute Gasteiger partial charge is 0.0853 e. The van der Waals surface area contributed by atoms with Crippen LogP contribution in [0.2, 0.25) is 0 Å². The fourth-order valence-corrected chi connectivity index (χ4v) is 2.23. The molecule has 1 unspecified atom stereocenters. The van der Waals surface area contributed by atoms with Gasteiger partial charge in [-0.25, -0.2) is 0 Å². The van der Waals surface area contributed by atoms with Crippen LogP contribution in [0.1, 0.15) is 12.8 Å². The molecule has 0 bridgehead atoms. The van der Waals surface area contributed by atoms with Gasteiger partial charge < -0.3 is 0 Å². The molecule has 1 heterocycles. The van der Waals surface area contributed by atoms with E-state index in [1.54, 1.807) is 0 Å². The third-order valence-electron chi connectivity index (χ3n) is 1.73. The summed E-state index contributed by atoms with van der Waals surface area (Å²) in [7, 11) is 0. The van der Waals surface area contributed by atoms with Crippen LogP contribution in [-0.4, -0.2) is 16.8 Å². The molecule has 0 radical (unpaired) electrons. The van der Waals surface area contributed by atoms with Crippen LogP contribution in [0, 0.1) is 0 Å². The lowest BCUT2D eigenvalue weighted by Crippen LogP contribution is -2.12. The van der Waals surface area contributed by atoms with Crippen molar-refractivity contribution < 1.29 is 0 Å². The number of fused-ring (bicyclic) bond motifs is 1. The van der Waals surface area contributed by atoms with E-state index in [0.29, 0.717) is 5.25 Å². The van der Waals surface area contributed by atoms with E-state index >= 15 is 0 Å². The van der Waals surface area contributed by atoms with Gasteiger partial charge >= 0.3 is 0 Å². The number of hydrogen-bond donors (Lipinski definition) is 0. The third kappa shape index (κ3) is 0.917. The average molecular weight is 139 g/mol. The Morgan fingerprint density at radius 3 is 3.56 bits per heavy atom. The van der Waals surface area contributed by atoms with Crippen molar-refractivity contribution >= 4 is 17.5 Å². The Hall–Kier alpha value is -0.240. The third-order valence-corrected chi connectivity index (χ3v) is 2.79. The molecule has 0 amide bonds. The fraction of sp³-hybridized carbons (Fsp3) is 0.571. The highest BCUT2D eigenvalue weighted by Crippen LogP contribution is 2.26. The molecule has 1 aliphatic heterocycles. The first-order valence-electron chi connectivity index (χ1n) is 3.28. The Labute approximate surface area is 59.2 Å². The van der Waals surface area contributed by atoms with Gasteiger partial charge in [0.25, 0.3) is 0 Å². The van der Waals surface area contributed by atoms with Gasteiger partial charge in [-0.3, -0.25) is 4.99 Å². The van der Waals surface area contributed by atoms with Crippen molar-refractivity contribution in [2.75, 3.05) is 5.88 Å². The van der Waals surface area contributed by atoms with Gasteiger partial charge in [0.2, 0.25) is 0 Å². The highest BCUT2D eigenvalue weighted by atomic mass is 32.2. The number of allylic oxidation sites excluding steroid dienone is 1. The Morgan fingerprint density at radius 1 is 1.67 bits per heavy atom. The SMILES string of the molecule is C1=CC2SCN=C2CC1. The van der Waals surface area contributed by atoms with Crippen LogP contribution >= 0.6 is 11.8 Å². The second kappa shape index (κ2) is 2.18. The molecule has 1 nitrogen and oxygen atoms in total. The Kier molecular flexibility index (Phi) is 1.34. The zero-order valence-electron chi connectivity index (χ0n) is 5.21. The van der Waals surface area contributed by atoms with Crippen molar-refractivity contribution in [1.82, 2.24) is 0 Å². The first-order chi connectivity index (χ1) is 4.47. The van der Waals surface area contributed by atoms with Crippen molar-refractivity contribution in [1.29, 1.82) is 0 Å². The Bertz CT molecular complexity index is 172. The minimum atomic E-state index is 0.652. The molecule has 9 heavy (non-hydrogen) atoms. The standard InChI is InChI=1S/C7H9NS/c1-2-4-7-6(3-1)8-5-9-7/h2,4,7H,1,3,5H2. The van der Waals surface area contributed by atoms with Crippen molar-refractivity contribution in [3.63, 3.8) is 0 Å². The van der Waals surface area contributed by atoms with Crippen molar-refractivity contribution in [3.05, 3.63) is 12.2 Å². The zero-order chi connectivity index (χ0) is 6.10. The van der Waals surface area contributed by atoms with E-state index in [1.807, 2.05) is 11.8 Å². The van der Waals surface area contributed by atoms with Gasteiger partial charge in [0.05, 0.1) is 11.1 Å². The van der Waals surface area contributed by atoms with E-state index in [-0.39, 0.29) is 0 Å². The summed E-state index contributed by atoms with van der Waals surface area (Å²) in [6, 6.07) is 0. The minimum Gasteiger partial charge on any atom is -0.282 e. The molecule has 0 N–H and O–H groups in total. The summed E-state index contributed by atoms with van der Waals surface area (Å²) in [5.74, 6) is 0.990. The molecule has 0 aromatic heterocycles. The summed E-state index contributed by atoms with van der Waals surface area (Å²) in [6.07, 6.45) is 6.95. The quantitative estimate of drug-likeness (QED) is 0.466. The molecule has 0 saturated carbocycles. The van der Waals surface area contributed by atoms with Gasteiger partial charge in [-0.15, -0.1) is 11.8 Å². The maximum atomic E-state index is 4.39. The van der Waals surface area contributed by atoms with Gasteiger partial charge in [0.15, 0.2) is 0 Å². The molecule has 2 aliphatic rings. The molecular weight excluding hydrogens is 130 g/mol. The summed E-state index contributed by atoms with van der Waals surface area (Å²) in [5.41, 5.74) is 1.42. The van der Waals surface area contributed by atoms with Crippen molar-refractivity contribution in [3.8, 4) is 0 Å². The van der Waals surface area contributed by atoms with Crippen molar-refractivity contribution in [2.45, 2.75) is 18.1 Å². The number of thioether (sulfide) groups is 1. The fourth-order valence-electron chi connectivity index (χ4n) is 1.23. The van der Waals surface area contributed by atoms with E-state index in [0.717, 1.165) is 5.88 Å². The molecule has 0 aromatic carbocycles. The molecule has 1 atom stereocenters. The van der Waals surface area contributed by atoms with Crippen LogP contribution in [0.5, 0.6) is 0 Å². The second-order valence-corrected chi connectivity index (χ2v) is 3.43. The lowest BCUT2D eigenvalue weighted by atomic mass is 10.1. The van der Waals surface area contributed by atoms with Gasteiger partial charge in [-0.1, -0.05) is 12.2 Å². The summed E-state index contributed by atoms with van der Waals surface area (Å²) in [4.78, 5) is 4.39. The van der Waals surface area contributed by atoms with E-state index in [2.05, 4.69) is 17.1 Å². The first-order valence-corrected chi connectivity index (χ1v) is 4.33.